The number of esters is 1. The molecule has 9 heteroatoms. The largest absolute Gasteiger partial charge is 0.489 e. The van der Waals surface area contributed by atoms with E-state index >= 15 is 0 Å². The van der Waals surface area contributed by atoms with Gasteiger partial charge in [-0.2, -0.15) is 0 Å². The van der Waals surface area contributed by atoms with Crippen LogP contribution in [0.25, 0.3) is 11.3 Å². The summed E-state index contributed by atoms with van der Waals surface area (Å²) in [6.07, 6.45) is 2.04. The quantitative estimate of drug-likeness (QED) is 0.173. The van der Waals surface area contributed by atoms with Crippen LogP contribution in [0.5, 0.6) is 5.75 Å². The molecule has 1 fully saturated rings. The van der Waals surface area contributed by atoms with Crippen LogP contribution in [0, 0.1) is 17.7 Å². The van der Waals surface area contributed by atoms with Gasteiger partial charge < -0.3 is 14.0 Å². The normalized spacial score (nSPS) is 12.6. The van der Waals surface area contributed by atoms with E-state index in [0.29, 0.717) is 49.1 Å². The zero-order valence-corrected chi connectivity index (χ0v) is 22.3. The highest BCUT2D eigenvalue weighted by molar-refractivity contribution is 6.39. The molecule has 1 heterocycles. The number of aromatic nitrogens is 1. The first-order valence-corrected chi connectivity index (χ1v) is 12.7. The fourth-order valence-electron chi connectivity index (χ4n) is 3.90. The number of benzene rings is 3. The molecule has 1 aliphatic rings. The first-order chi connectivity index (χ1) is 18.4. The Bertz CT molecular complexity index is 1580. The Morgan fingerprint density at radius 1 is 1.05 bits per heavy atom. The van der Waals surface area contributed by atoms with Gasteiger partial charge in [0.25, 0.3) is 0 Å². The molecule has 1 aliphatic carbocycles. The molecule has 0 spiro atoms. The highest BCUT2D eigenvalue weighted by Crippen LogP contribution is 2.46. The van der Waals surface area contributed by atoms with E-state index in [0.717, 1.165) is 24.2 Å². The lowest BCUT2D eigenvalue weighted by molar-refractivity contribution is 0.0595. The molecule has 5 rings (SSSR count). The Morgan fingerprint density at radius 2 is 1.82 bits per heavy atom. The molecular formula is C29H19Cl3FNO4. The molecule has 0 atom stereocenters. The average molecular weight is 571 g/mol. The van der Waals surface area contributed by atoms with Crippen LogP contribution in [-0.2, 0) is 11.3 Å². The number of methoxy groups -OCH3 is 1. The summed E-state index contributed by atoms with van der Waals surface area (Å²) < 4.78 is 30.2. The summed E-state index contributed by atoms with van der Waals surface area (Å²) in [5.41, 5.74) is 2.74. The molecule has 0 radical (unpaired) electrons. The van der Waals surface area contributed by atoms with Gasteiger partial charge >= 0.3 is 5.97 Å². The van der Waals surface area contributed by atoms with Crippen molar-refractivity contribution in [3.8, 4) is 28.8 Å². The summed E-state index contributed by atoms with van der Waals surface area (Å²) in [6, 6.07) is 14.4. The fraction of sp³-hybridized carbons (Fsp3) is 0.172. The topological polar surface area (TPSA) is 61.6 Å². The van der Waals surface area contributed by atoms with Gasteiger partial charge in [0, 0.05) is 28.7 Å². The van der Waals surface area contributed by atoms with Crippen LogP contribution in [-0.4, -0.2) is 18.2 Å². The fourth-order valence-corrected chi connectivity index (χ4v) is 4.69. The molecule has 1 aromatic heterocycles. The van der Waals surface area contributed by atoms with Crippen molar-refractivity contribution in [2.45, 2.75) is 25.4 Å². The van der Waals surface area contributed by atoms with Crippen LogP contribution in [0.15, 0.2) is 59.1 Å². The van der Waals surface area contributed by atoms with Crippen molar-refractivity contribution in [2.75, 3.05) is 7.11 Å². The van der Waals surface area contributed by atoms with E-state index in [-0.39, 0.29) is 12.2 Å². The van der Waals surface area contributed by atoms with Crippen molar-refractivity contribution in [3.63, 3.8) is 0 Å². The minimum absolute atomic E-state index is 0.180. The molecule has 3 aromatic carbocycles. The van der Waals surface area contributed by atoms with E-state index in [2.05, 4.69) is 21.7 Å². The lowest BCUT2D eigenvalue weighted by Gasteiger charge is -2.10. The van der Waals surface area contributed by atoms with Gasteiger partial charge in [0.05, 0.1) is 33.3 Å². The van der Waals surface area contributed by atoms with Gasteiger partial charge in [0.1, 0.15) is 29.6 Å². The second kappa shape index (κ2) is 11.1. The molecule has 0 aliphatic heterocycles. The van der Waals surface area contributed by atoms with Crippen LogP contribution in [0.3, 0.4) is 0 Å². The lowest BCUT2D eigenvalue weighted by atomic mass is 10.0. The first kappa shape index (κ1) is 26.1. The molecule has 0 saturated heterocycles. The van der Waals surface area contributed by atoms with Crippen molar-refractivity contribution in [2.24, 2.45) is 0 Å². The van der Waals surface area contributed by atoms with Gasteiger partial charge in [-0.05, 0) is 55.3 Å². The van der Waals surface area contributed by atoms with E-state index in [1.165, 1.54) is 25.3 Å². The van der Waals surface area contributed by atoms with Gasteiger partial charge in [-0.3, -0.25) is 0 Å². The second-order valence-electron chi connectivity index (χ2n) is 8.61. The first-order valence-electron chi connectivity index (χ1n) is 11.6. The number of halogens is 4. The smallest absolute Gasteiger partial charge is 0.340 e. The molecule has 0 unspecified atom stereocenters. The monoisotopic (exact) mass is 569 g/mol. The maximum atomic E-state index is 13.9. The Hall–Kier alpha value is -3.50. The standard InChI is InChI=1S/C29H19Cl3FNO4/c1-36-29(35)20-13-16(6-12-25(20)33)5-7-17-10-11-19(14-24(17)32)37-15-21-27(34-38-28(21)18-8-9-18)26-22(30)3-2-4-23(26)31/h2-4,6,10-14,18H,8-9,15H2,1H3. The van der Waals surface area contributed by atoms with Crippen molar-refractivity contribution >= 4 is 40.8 Å². The van der Waals surface area contributed by atoms with E-state index in [9.17, 15) is 9.18 Å². The molecule has 0 N–H and O–H groups in total. The van der Waals surface area contributed by atoms with Gasteiger partial charge in [-0.15, -0.1) is 0 Å². The van der Waals surface area contributed by atoms with Crippen LogP contribution in [0.1, 0.15) is 51.6 Å². The third kappa shape index (κ3) is 5.51. The maximum absolute atomic E-state index is 13.9. The van der Waals surface area contributed by atoms with Crippen LogP contribution in [0.2, 0.25) is 15.1 Å². The van der Waals surface area contributed by atoms with Crippen molar-refractivity contribution in [1.82, 2.24) is 5.16 Å². The Labute approximate surface area is 233 Å². The van der Waals surface area contributed by atoms with Crippen molar-refractivity contribution in [1.29, 1.82) is 0 Å². The van der Waals surface area contributed by atoms with Crippen molar-refractivity contribution < 1.29 is 23.2 Å². The van der Waals surface area contributed by atoms with Gasteiger partial charge in [0.15, 0.2) is 0 Å². The van der Waals surface area contributed by atoms with Crippen LogP contribution < -0.4 is 4.74 Å². The number of hydrogen-bond acceptors (Lipinski definition) is 5. The molecule has 0 amide bonds. The minimum atomic E-state index is -0.775. The lowest BCUT2D eigenvalue weighted by Crippen LogP contribution is -2.04. The third-order valence-corrected chi connectivity index (χ3v) is 6.95. The zero-order valence-electron chi connectivity index (χ0n) is 20.0. The Kier molecular flexibility index (Phi) is 7.62. The maximum Gasteiger partial charge on any atom is 0.340 e. The van der Waals surface area contributed by atoms with E-state index < -0.39 is 11.8 Å². The minimum Gasteiger partial charge on any atom is -0.489 e. The molecule has 38 heavy (non-hydrogen) atoms. The molecule has 1 saturated carbocycles. The average Bonchev–Trinajstić information content (AvgIpc) is 3.67. The highest BCUT2D eigenvalue weighted by Gasteiger charge is 2.33. The number of rotatable bonds is 6. The summed E-state index contributed by atoms with van der Waals surface area (Å²) in [6.45, 7) is 0.180. The number of carbonyl (C=O) groups is 1. The number of hydrogen-bond donors (Lipinski definition) is 0. The van der Waals surface area contributed by atoms with Gasteiger partial charge in [-0.1, -0.05) is 57.9 Å². The molecule has 0 bridgehead atoms. The van der Waals surface area contributed by atoms with Crippen LogP contribution >= 0.6 is 34.8 Å². The predicted octanol–water partition coefficient (Wildman–Crippen LogP) is 8.08. The number of carbonyl (C=O) groups excluding carboxylic acids is 1. The number of nitrogens with zero attached hydrogens (tertiary/aromatic N) is 1. The SMILES string of the molecule is COC(=O)c1cc(C#Cc2ccc(OCc3c(-c4c(Cl)cccc4Cl)noc3C3CC3)cc2Cl)ccc1F. The molecule has 5 nitrogen and oxygen atoms in total. The molecule has 4 aromatic rings. The van der Waals surface area contributed by atoms with E-state index in [4.69, 9.17) is 44.1 Å². The zero-order chi connectivity index (χ0) is 26.8. The summed E-state index contributed by atoms with van der Waals surface area (Å²) in [4.78, 5) is 11.7. The van der Waals surface area contributed by atoms with E-state index in [1.807, 2.05) is 0 Å². The summed E-state index contributed by atoms with van der Waals surface area (Å²) in [5.74, 6) is 5.96. The highest BCUT2D eigenvalue weighted by atomic mass is 35.5. The van der Waals surface area contributed by atoms with Gasteiger partial charge in [-0.25, -0.2) is 9.18 Å². The predicted molar refractivity (Wildman–Crippen MR) is 143 cm³/mol. The summed E-state index contributed by atoms with van der Waals surface area (Å²) >= 11 is 19.3. The summed E-state index contributed by atoms with van der Waals surface area (Å²) in [5, 5.41) is 5.59. The van der Waals surface area contributed by atoms with Crippen LogP contribution in [0.4, 0.5) is 4.39 Å². The molecule has 192 valence electrons. The number of ether oxygens (including phenoxy) is 2. The third-order valence-electron chi connectivity index (χ3n) is 6.00. The Balaban J connectivity index is 1.37. The second-order valence-corrected chi connectivity index (χ2v) is 9.83. The summed E-state index contributed by atoms with van der Waals surface area (Å²) in [7, 11) is 1.19. The Morgan fingerprint density at radius 3 is 2.50 bits per heavy atom. The van der Waals surface area contributed by atoms with Gasteiger partial charge in [0.2, 0.25) is 0 Å². The molecular weight excluding hydrogens is 552 g/mol. The van der Waals surface area contributed by atoms with E-state index in [1.54, 1.807) is 36.4 Å². The van der Waals surface area contributed by atoms with Crippen molar-refractivity contribution in [3.05, 3.63) is 103 Å².